The molecule has 150 valence electrons. The van der Waals surface area contributed by atoms with Gasteiger partial charge in [0, 0.05) is 24.7 Å². The Balaban J connectivity index is 1.81. The van der Waals surface area contributed by atoms with E-state index in [0.29, 0.717) is 18.8 Å². The normalized spacial score (nSPS) is 20.4. The Kier molecular flexibility index (Phi) is 6.36. The summed E-state index contributed by atoms with van der Waals surface area (Å²) >= 11 is 0. The van der Waals surface area contributed by atoms with Gasteiger partial charge >= 0.3 is 0 Å². The second-order valence-electron chi connectivity index (χ2n) is 6.93. The van der Waals surface area contributed by atoms with Crippen LogP contribution in [-0.4, -0.2) is 83.1 Å². The van der Waals surface area contributed by atoms with E-state index in [-0.39, 0.29) is 35.7 Å². The summed E-state index contributed by atoms with van der Waals surface area (Å²) in [5.41, 5.74) is 0.321. The molecule has 1 aromatic carbocycles. The highest BCUT2D eigenvalue weighted by atomic mass is 32.2. The Labute approximate surface area is 160 Å². The number of ether oxygens (including phenoxy) is 2. The van der Waals surface area contributed by atoms with Crippen molar-refractivity contribution in [3.63, 3.8) is 0 Å². The Hall–Kier alpha value is -1.68. The molecule has 1 N–H and O–H groups in total. The molecule has 0 unspecified atom stereocenters. The maximum atomic E-state index is 13.0. The van der Waals surface area contributed by atoms with Crippen LogP contribution in [0.15, 0.2) is 23.1 Å². The van der Waals surface area contributed by atoms with Crippen LogP contribution in [0.5, 0.6) is 5.75 Å². The molecule has 2 saturated heterocycles. The predicted octanol–water partition coefficient (Wildman–Crippen LogP) is 0.540. The minimum Gasteiger partial charge on any atom is -0.495 e. The quantitative estimate of drug-likeness (QED) is 0.780. The second kappa shape index (κ2) is 8.55. The van der Waals surface area contributed by atoms with Gasteiger partial charge in [-0.1, -0.05) is 0 Å². The molecule has 2 aliphatic rings. The van der Waals surface area contributed by atoms with Crippen molar-refractivity contribution >= 4 is 15.9 Å². The highest BCUT2D eigenvalue weighted by Crippen LogP contribution is 2.28. The molecule has 2 aliphatic heterocycles. The molecule has 8 nitrogen and oxygen atoms in total. The number of hydrogen-bond acceptors (Lipinski definition) is 6. The first kappa shape index (κ1) is 20.1. The largest absolute Gasteiger partial charge is 0.495 e. The number of carbonyl (C=O) groups is 1. The number of rotatable bonds is 5. The lowest BCUT2D eigenvalue weighted by atomic mass is 10.0. The summed E-state index contributed by atoms with van der Waals surface area (Å²) < 4.78 is 37.9. The third-order valence-corrected chi connectivity index (χ3v) is 6.99. The molecule has 0 aromatic heterocycles. The molecule has 2 fully saturated rings. The maximum absolute atomic E-state index is 13.0. The van der Waals surface area contributed by atoms with Gasteiger partial charge in [-0.25, -0.2) is 8.42 Å². The molecule has 0 saturated carbocycles. The minimum absolute atomic E-state index is 0.0166. The summed E-state index contributed by atoms with van der Waals surface area (Å²) in [5.74, 6) is -0.0250. The molecule has 0 atom stereocenters. The molecule has 0 bridgehead atoms. The van der Waals surface area contributed by atoms with Crippen LogP contribution < -0.4 is 10.1 Å². The summed E-state index contributed by atoms with van der Waals surface area (Å²) in [6.07, 6.45) is 1.77. The molecule has 9 heteroatoms. The van der Waals surface area contributed by atoms with Crippen LogP contribution in [0.3, 0.4) is 0 Å². The molecule has 1 aromatic rings. The number of benzene rings is 1. The first-order valence-electron chi connectivity index (χ1n) is 9.17. The van der Waals surface area contributed by atoms with E-state index in [2.05, 4.69) is 17.3 Å². The molecule has 27 heavy (non-hydrogen) atoms. The first-order chi connectivity index (χ1) is 12.9. The molecule has 3 rings (SSSR count). The van der Waals surface area contributed by atoms with Crippen molar-refractivity contribution in [2.75, 3.05) is 53.6 Å². The zero-order valence-corrected chi connectivity index (χ0v) is 16.6. The molecule has 2 heterocycles. The average molecular weight is 397 g/mol. The lowest BCUT2D eigenvalue weighted by molar-refractivity contribution is 0.0729. The molecular formula is C18H27N3O5S. The number of methoxy groups -OCH3 is 1. The van der Waals surface area contributed by atoms with Gasteiger partial charge in [0.15, 0.2) is 0 Å². The summed E-state index contributed by atoms with van der Waals surface area (Å²) in [5, 5.41) is 3.02. The smallest absolute Gasteiger partial charge is 0.251 e. The van der Waals surface area contributed by atoms with Gasteiger partial charge in [-0.05, 0) is 51.2 Å². The van der Waals surface area contributed by atoms with E-state index in [1.807, 2.05) is 0 Å². The van der Waals surface area contributed by atoms with Gasteiger partial charge in [0.25, 0.3) is 5.91 Å². The third kappa shape index (κ3) is 4.60. The van der Waals surface area contributed by atoms with E-state index in [1.54, 1.807) is 6.07 Å². The second-order valence-corrected chi connectivity index (χ2v) is 8.84. The Morgan fingerprint density at radius 3 is 2.48 bits per heavy atom. The van der Waals surface area contributed by atoms with Crippen molar-refractivity contribution in [2.24, 2.45) is 0 Å². The van der Waals surface area contributed by atoms with E-state index in [0.717, 1.165) is 25.9 Å². The lowest BCUT2D eigenvalue weighted by Crippen LogP contribution is -2.43. The van der Waals surface area contributed by atoms with Crippen LogP contribution in [0.1, 0.15) is 23.2 Å². The first-order valence-corrected chi connectivity index (χ1v) is 10.6. The topological polar surface area (TPSA) is 88.2 Å². The Morgan fingerprint density at radius 1 is 1.19 bits per heavy atom. The Morgan fingerprint density at radius 2 is 1.85 bits per heavy atom. The van der Waals surface area contributed by atoms with E-state index < -0.39 is 10.0 Å². The highest BCUT2D eigenvalue weighted by Gasteiger charge is 2.30. The van der Waals surface area contributed by atoms with Crippen LogP contribution in [0, 0.1) is 0 Å². The number of piperidine rings is 1. The van der Waals surface area contributed by atoms with Crippen molar-refractivity contribution in [1.82, 2.24) is 14.5 Å². The lowest BCUT2D eigenvalue weighted by Gasteiger charge is -2.29. The summed E-state index contributed by atoms with van der Waals surface area (Å²) in [7, 11) is -0.277. The van der Waals surface area contributed by atoms with Gasteiger partial charge < -0.3 is 19.7 Å². The van der Waals surface area contributed by atoms with Gasteiger partial charge in [-0.2, -0.15) is 4.31 Å². The van der Waals surface area contributed by atoms with E-state index in [4.69, 9.17) is 9.47 Å². The number of amides is 1. The van der Waals surface area contributed by atoms with Gasteiger partial charge in [0.2, 0.25) is 10.0 Å². The summed E-state index contributed by atoms with van der Waals surface area (Å²) in [6.45, 7) is 3.17. The summed E-state index contributed by atoms with van der Waals surface area (Å²) in [4.78, 5) is 14.9. The van der Waals surface area contributed by atoms with E-state index in [1.165, 1.54) is 23.5 Å². The van der Waals surface area contributed by atoms with Crippen LogP contribution >= 0.6 is 0 Å². The van der Waals surface area contributed by atoms with Gasteiger partial charge in [0.1, 0.15) is 10.6 Å². The number of hydrogen-bond donors (Lipinski definition) is 1. The Bertz CT molecular complexity index is 769. The van der Waals surface area contributed by atoms with E-state index in [9.17, 15) is 13.2 Å². The molecule has 0 spiro atoms. The molecule has 0 aliphatic carbocycles. The van der Waals surface area contributed by atoms with Crippen LogP contribution in [0.25, 0.3) is 0 Å². The number of likely N-dealkylation sites (tertiary alicyclic amines) is 1. The van der Waals surface area contributed by atoms with E-state index >= 15 is 0 Å². The molecule has 1 amide bonds. The van der Waals surface area contributed by atoms with Gasteiger partial charge in [0.05, 0.1) is 20.3 Å². The minimum atomic E-state index is -3.76. The van der Waals surface area contributed by atoms with Crippen molar-refractivity contribution in [2.45, 2.75) is 23.8 Å². The standard InChI is InChI=1S/C18H27N3O5S/c1-20-7-5-15(6-8-20)19-18(22)14-3-4-16(25-2)17(13-14)27(23,24)21-9-11-26-12-10-21/h3-4,13,15H,5-12H2,1-2H3,(H,19,22). The fourth-order valence-corrected chi connectivity index (χ4v) is 4.96. The fraction of sp³-hybridized carbons (Fsp3) is 0.611. The van der Waals surface area contributed by atoms with Gasteiger partial charge in [-0.3, -0.25) is 4.79 Å². The number of carbonyl (C=O) groups excluding carboxylic acids is 1. The monoisotopic (exact) mass is 397 g/mol. The van der Waals surface area contributed by atoms with Crippen LogP contribution in [0.2, 0.25) is 0 Å². The zero-order chi connectivity index (χ0) is 19.4. The molecule has 0 radical (unpaired) electrons. The van der Waals surface area contributed by atoms with Crippen LogP contribution in [-0.2, 0) is 14.8 Å². The fourth-order valence-electron chi connectivity index (χ4n) is 3.37. The highest BCUT2D eigenvalue weighted by molar-refractivity contribution is 7.89. The average Bonchev–Trinajstić information content (AvgIpc) is 2.69. The van der Waals surface area contributed by atoms with Crippen molar-refractivity contribution < 1.29 is 22.7 Å². The van der Waals surface area contributed by atoms with Crippen molar-refractivity contribution in [3.05, 3.63) is 23.8 Å². The number of nitrogens with one attached hydrogen (secondary N) is 1. The number of sulfonamides is 1. The maximum Gasteiger partial charge on any atom is 0.251 e. The predicted molar refractivity (Wildman–Crippen MR) is 101 cm³/mol. The van der Waals surface area contributed by atoms with Crippen LogP contribution in [0.4, 0.5) is 0 Å². The number of morpholine rings is 1. The zero-order valence-electron chi connectivity index (χ0n) is 15.8. The SMILES string of the molecule is COc1ccc(C(=O)NC2CCN(C)CC2)cc1S(=O)(=O)N1CCOCC1. The summed E-state index contributed by atoms with van der Waals surface area (Å²) in [6, 6.07) is 4.65. The van der Waals surface area contributed by atoms with Crippen molar-refractivity contribution in [1.29, 1.82) is 0 Å². The van der Waals surface area contributed by atoms with Crippen molar-refractivity contribution in [3.8, 4) is 5.75 Å². The molecular weight excluding hydrogens is 370 g/mol. The van der Waals surface area contributed by atoms with Gasteiger partial charge in [-0.15, -0.1) is 0 Å². The third-order valence-electron chi connectivity index (χ3n) is 5.07. The number of nitrogens with zero attached hydrogens (tertiary/aromatic N) is 2.